The summed E-state index contributed by atoms with van der Waals surface area (Å²) < 4.78 is 26.8. The highest BCUT2D eigenvalue weighted by molar-refractivity contribution is 5.90. The van der Waals surface area contributed by atoms with Gasteiger partial charge in [0.25, 0.3) is 0 Å². The number of esters is 1. The maximum Gasteiger partial charge on any atom is 0.328 e. The zero-order valence-electron chi connectivity index (χ0n) is 26.3. The molecule has 16 heteroatoms. The lowest BCUT2D eigenvalue weighted by Crippen LogP contribution is -2.48. The predicted octanol–water partition coefficient (Wildman–Crippen LogP) is 1.87. The number of carbonyl (C=O) groups is 5. The lowest BCUT2D eigenvalue weighted by molar-refractivity contribution is -0.136. The number of piperazine rings is 1. The Kier molecular flexibility index (Phi) is 17.8. The first-order chi connectivity index (χ1) is 22.3. The van der Waals surface area contributed by atoms with Crippen molar-refractivity contribution in [2.45, 2.75) is 6.54 Å². The second kappa shape index (κ2) is 21.2. The van der Waals surface area contributed by atoms with E-state index < -0.39 is 23.9 Å². The molecule has 47 heavy (non-hydrogen) atoms. The summed E-state index contributed by atoms with van der Waals surface area (Å²) >= 11 is 0. The molecule has 0 unspecified atom stereocenters. The summed E-state index contributed by atoms with van der Waals surface area (Å²) in [6, 6.07) is 10.9. The molecule has 0 aliphatic carbocycles. The molecule has 1 fully saturated rings. The van der Waals surface area contributed by atoms with Crippen LogP contribution >= 0.6 is 0 Å². The van der Waals surface area contributed by atoms with Gasteiger partial charge in [0, 0.05) is 57.0 Å². The first kappa shape index (κ1) is 39.4. The van der Waals surface area contributed by atoms with Crippen LogP contribution in [0.3, 0.4) is 0 Å². The van der Waals surface area contributed by atoms with Crippen molar-refractivity contribution in [1.82, 2.24) is 9.80 Å². The van der Waals surface area contributed by atoms with Gasteiger partial charge in [-0.25, -0.2) is 19.2 Å². The standard InChI is InChI=1S/C23H30N2O6.2C4H4O4/c1-27-18-5-7-19(8-6-18)31-22(26)16-25-11-9-24(10-12-25)15-17-13-20(28-2)23(30-4)21(14-17)29-3;2*5-3(6)1-2-4(7)8/h5-8,13-14H,9-12,15-16H2,1-4H3;2*1-2H,(H,5,6)(H,7,8)/b;2*2-1-. The van der Waals surface area contributed by atoms with Crippen molar-refractivity contribution >= 4 is 29.8 Å². The minimum Gasteiger partial charge on any atom is -0.497 e. The summed E-state index contributed by atoms with van der Waals surface area (Å²) in [5.74, 6) is -2.15. The van der Waals surface area contributed by atoms with Crippen LogP contribution in [0.25, 0.3) is 0 Å². The lowest BCUT2D eigenvalue weighted by Gasteiger charge is -2.34. The van der Waals surface area contributed by atoms with Crippen LogP contribution < -0.4 is 23.7 Å². The third-order valence-electron chi connectivity index (χ3n) is 5.98. The summed E-state index contributed by atoms with van der Waals surface area (Å²) in [5, 5.41) is 31.2. The number of aliphatic carboxylic acids is 4. The highest BCUT2D eigenvalue weighted by Gasteiger charge is 2.21. The number of carbonyl (C=O) groups excluding carboxylic acids is 1. The molecule has 0 aromatic heterocycles. The Hall–Kier alpha value is -5.61. The van der Waals surface area contributed by atoms with Gasteiger partial charge in [-0.2, -0.15) is 0 Å². The van der Waals surface area contributed by atoms with Crippen molar-refractivity contribution in [3.63, 3.8) is 0 Å². The van der Waals surface area contributed by atoms with Crippen LogP contribution in [0.4, 0.5) is 0 Å². The molecule has 3 rings (SSSR count). The summed E-state index contributed by atoms with van der Waals surface area (Å²) in [5.41, 5.74) is 1.09. The van der Waals surface area contributed by atoms with Crippen LogP contribution in [-0.2, 0) is 30.5 Å². The average Bonchev–Trinajstić information content (AvgIpc) is 3.04. The van der Waals surface area contributed by atoms with Gasteiger partial charge in [0.15, 0.2) is 11.5 Å². The number of hydrogen-bond acceptors (Lipinski definition) is 12. The van der Waals surface area contributed by atoms with Crippen LogP contribution in [0.1, 0.15) is 5.56 Å². The van der Waals surface area contributed by atoms with Gasteiger partial charge in [0.05, 0.1) is 35.0 Å². The van der Waals surface area contributed by atoms with E-state index in [0.717, 1.165) is 44.0 Å². The molecule has 0 bridgehead atoms. The average molecular weight is 663 g/mol. The number of rotatable bonds is 13. The maximum atomic E-state index is 12.3. The molecule has 2 aromatic carbocycles. The van der Waals surface area contributed by atoms with Crippen LogP contribution in [0.2, 0.25) is 0 Å². The van der Waals surface area contributed by atoms with Crippen LogP contribution in [0, 0.1) is 0 Å². The third-order valence-corrected chi connectivity index (χ3v) is 5.98. The molecule has 1 heterocycles. The summed E-state index contributed by atoms with van der Waals surface area (Å²) in [6.45, 7) is 4.33. The molecule has 1 saturated heterocycles. The SMILES string of the molecule is COc1ccc(OC(=O)CN2CCN(Cc3cc(OC)c(OC)c(OC)c3)CC2)cc1.O=C(O)/C=C\C(=O)O.O=C(O)/C=C\C(=O)O. The van der Waals surface area contributed by atoms with E-state index in [4.69, 9.17) is 44.1 Å². The third kappa shape index (κ3) is 16.3. The number of methoxy groups -OCH3 is 4. The fourth-order valence-corrected chi connectivity index (χ4v) is 3.87. The zero-order valence-corrected chi connectivity index (χ0v) is 26.3. The Labute approximate surface area is 270 Å². The molecule has 0 atom stereocenters. The predicted molar refractivity (Wildman–Crippen MR) is 165 cm³/mol. The molecule has 1 aliphatic rings. The Bertz CT molecular complexity index is 1310. The first-order valence-corrected chi connectivity index (χ1v) is 13.7. The van der Waals surface area contributed by atoms with Gasteiger partial charge in [-0.15, -0.1) is 0 Å². The zero-order chi connectivity index (χ0) is 35.4. The molecule has 2 aromatic rings. The topological polar surface area (TPSA) is 219 Å². The number of hydrogen-bond donors (Lipinski definition) is 4. The van der Waals surface area contributed by atoms with E-state index in [9.17, 15) is 24.0 Å². The minimum atomic E-state index is -1.26. The summed E-state index contributed by atoms with van der Waals surface area (Å²) in [7, 11) is 6.43. The largest absolute Gasteiger partial charge is 0.497 e. The van der Waals surface area contributed by atoms with Gasteiger partial charge < -0.3 is 44.1 Å². The Balaban J connectivity index is 0.000000569. The Morgan fingerprint density at radius 2 is 1.02 bits per heavy atom. The van der Waals surface area contributed by atoms with Gasteiger partial charge in [-0.3, -0.25) is 14.6 Å². The molecule has 0 radical (unpaired) electrons. The Morgan fingerprint density at radius 3 is 1.38 bits per heavy atom. The van der Waals surface area contributed by atoms with E-state index in [1.165, 1.54) is 0 Å². The van der Waals surface area contributed by atoms with Crippen molar-refractivity contribution in [1.29, 1.82) is 0 Å². The van der Waals surface area contributed by atoms with Crippen molar-refractivity contribution in [3.05, 3.63) is 66.3 Å². The number of carboxylic acid groups (broad SMARTS) is 4. The van der Waals surface area contributed by atoms with Gasteiger partial charge >= 0.3 is 29.8 Å². The monoisotopic (exact) mass is 662 g/mol. The molecule has 0 spiro atoms. The molecule has 0 saturated carbocycles. The fraction of sp³-hybridized carbons (Fsp3) is 0.323. The van der Waals surface area contributed by atoms with E-state index in [2.05, 4.69) is 9.80 Å². The molecular formula is C31H38N2O14. The van der Waals surface area contributed by atoms with Crippen molar-refractivity contribution in [2.24, 2.45) is 0 Å². The molecule has 0 amide bonds. The fourth-order valence-electron chi connectivity index (χ4n) is 3.87. The second-order valence-electron chi connectivity index (χ2n) is 9.26. The van der Waals surface area contributed by atoms with E-state index in [0.29, 0.717) is 47.3 Å². The quantitative estimate of drug-likeness (QED) is 0.137. The highest BCUT2D eigenvalue weighted by Crippen LogP contribution is 2.38. The smallest absolute Gasteiger partial charge is 0.328 e. The number of ether oxygens (including phenoxy) is 5. The van der Waals surface area contributed by atoms with Crippen LogP contribution in [0.5, 0.6) is 28.7 Å². The minimum absolute atomic E-state index is 0.261. The number of nitrogens with zero attached hydrogens (tertiary/aromatic N) is 2. The van der Waals surface area contributed by atoms with Crippen molar-refractivity contribution in [2.75, 3.05) is 61.2 Å². The van der Waals surface area contributed by atoms with Crippen LogP contribution in [0.15, 0.2) is 60.7 Å². The van der Waals surface area contributed by atoms with Crippen molar-refractivity contribution < 1.29 is 68.1 Å². The van der Waals surface area contributed by atoms with Gasteiger partial charge in [0.1, 0.15) is 11.5 Å². The normalized spacial score (nSPS) is 12.9. The van der Waals surface area contributed by atoms with E-state index in [1.54, 1.807) is 52.7 Å². The van der Waals surface area contributed by atoms with Gasteiger partial charge in [-0.05, 0) is 42.0 Å². The number of carboxylic acids is 4. The van der Waals surface area contributed by atoms with Gasteiger partial charge in [-0.1, -0.05) is 0 Å². The summed E-state index contributed by atoms with van der Waals surface area (Å²) in [4.78, 5) is 54.9. The van der Waals surface area contributed by atoms with E-state index in [-0.39, 0.29) is 12.5 Å². The molecular weight excluding hydrogens is 624 g/mol. The molecule has 16 nitrogen and oxygen atoms in total. The molecule has 1 aliphatic heterocycles. The second-order valence-corrected chi connectivity index (χ2v) is 9.26. The maximum absolute atomic E-state index is 12.3. The van der Waals surface area contributed by atoms with E-state index >= 15 is 0 Å². The Morgan fingerprint density at radius 1 is 0.617 bits per heavy atom. The van der Waals surface area contributed by atoms with E-state index in [1.807, 2.05) is 12.1 Å². The lowest BCUT2D eigenvalue weighted by atomic mass is 10.1. The number of benzene rings is 2. The van der Waals surface area contributed by atoms with Crippen molar-refractivity contribution in [3.8, 4) is 28.7 Å². The molecule has 256 valence electrons. The highest BCUT2D eigenvalue weighted by atomic mass is 16.5. The molecule has 4 N–H and O–H groups in total. The van der Waals surface area contributed by atoms with Gasteiger partial charge in [0.2, 0.25) is 5.75 Å². The first-order valence-electron chi connectivity index (χ1n) is 13.7. The summed E-state index contributed by atoms with van der Waals surface area (Å²) in [6.07, 6.45) is 2.23. The van der Waals surface area contributed by atoms with Crippen LogP contribution in [-0.4, -0.2) is 121 Å².